The van der Waals surface area contributed by atoms with Crippen LogP contribution in [-0.4, -0.2) is 16.5 Å². The van der Waals surface area contributed by atoms with Crippen LogP contribution in [0.25, 0.3) is 0 Å². The molecule has 0 aliphatic heterocycles. The van der Waals surface area contributed by atoms with Gasteiger partial charge in [-0.15, -0.1) is 11.3 Å². The molecule has 0 fully saturated rings. The van der Waals surface area contributed by atoms with Crippen molar-refractivity contribution in [2.45, 2.75) is 38.0 Å². The summed E-state index contributed by atoms with van der Waals surface area (Å²) in [4.78, 5) is 1.36. The molecule has 1 heterocycles. The first-order valence-electron chi connectivity index (χ1n) is 5.00. The molecule has 1 aromatic rings. The van der Waals surface area contributed by atoms with Gasteiger partial charge in [0.25, 0.3) is 0 Å². The molecular weight excluding hydrogens is 290 g/mol. The summed E-state index contributed by atoms with van der Waals surface area (Å²) < 4.78 is 1.50. The third kappa shape index (κ3) is 5.95. The van der Waals surface area contributed by atoms with Crippen LogP contribution in [0.1, 0.15) is 25.6 Å². The van der Waals surface area contributed by atoms with E-state index in [2.05, 4.69) is 48.8 Å². The molecule has 0 amide bonds. The summed E-state index contributed by atoms with van der Waals surface area (Å²) in [6.07, 6.45) is 0.985. The molecule has 1 atom stereocenters. The van der Waals surface area contributed by atoms with E-state index in [9.17, 15) is 0 Å². The highest BCUT2D eigenvalue weighted by Gasteiger charge is 2.14. The Morgan fingerprint density at radius 1 is 1.47 bits per heavy atom. The molecular formula is C11H18BrNS2. The Kier molecular flexibility index (Phi) is 5.16. The van der Waals surface area contributed by atoms with Gasteiger partial charge in [0.05, 0.1) is 3.79 Å². The first-order chi connectivity index (χ1) is 6.87. The van der Waals surface area contributed by atoms with Gasteiger partial charge in [0.1, 0.15) is 0 Å². The van der Waals surface area contributed by atoms with Crippen molar-refractivity contribution in [2.24, 2.45) is 5.73 Å². The highest BCUT2D eigenvalue weighted by atomic mass is 79.9. The topological polar surface area (TPSA) is 26.0 Å². The average molecular weight is 308 g/mol. The van der Waals surface area contributed by atoms with Gasteiger partial charge in [0.15, 0.2) is 0 Å². The number of thiophene rings is 1. The van der Waals surface area contributed by atoms with E-state index in [-0.39, 0.29) is 6.04 Å². The minimum Gasteiger partial charge on any atom is -0.327 e. The zero-order chi connectivity index (χ0) is 11.5. The highest BCUT2D eigenvalue weighted by molar-refractivity contribution is 9.11. The third-order valence-corrected chi connectivity index (χ3v) is 4.93. The monoisotopic (exact) mass is 307 g/mol. The van der Waals surface area contributed by atoms with Gasteiger partial charge in [-0.25, -0.2) is 0 Å². The van der Waals surface area contributed by atoms with Gasteiger partial charge in [-0.2, -0.15) is 11.8 Å². The molecule has 0 bridgehead atoms. The Morgan fingerprint density at radius 2 is 2.13 bits per heavy atom. The summed E-state index contributed by atoms with van der Waals surface area (Å²) >= 11 is 7.18. The Bertz CT molecular complexity index is 304. The van der Waals surface area contributed by atoms with Crippen molar-refractivity contribution < 1.29 is 0 Å². The second-order valence-corrected chi connectivity index (χ2v) is 8.99. The second kappa shape index (κ2) is 5.71. The summed E-state index contributed by atoms with van der Waals surface area (Å²) in [7, 11) is 0. The van der Waals surface area contributed by atoms with E-state index in [0.717, 1.165) is 12.2 Å². The van der Waals surface area contributed by atoms with Crippen LogP contribution in [0.3, 0.4) is 0 Å². The average Bonchev–Trinajstić information content (AvgIpc) is 2.47. The van der Waals surface area contributed by atoms with Crippen molar-refractivity contribution in [1.29, 1.82) is 0 Å². The molecule has 0 aromatic carbocycles. The molecule has 2 N–H and O–H groups in total. The van der Waals surface area contributed by atoms with E-state index < -0.39 is 0 Å². The molecule has 0 saturated heterocycles. The molecule has 0 radical (unpaired) electrons. The number of hydrogen-bond donors (Lipinski definition) is 1. The maximum Gasteiger partial charge on any atom is 0.0701 e. The Balaban J connectivity index is 2.33. The lowest BCUT2D eigenvalue weighted by Crippen LogP contribution is -2.27. The summed E-state index contributed by atoms with van der Waals surface area (Å²) in [6, 6.07) is 4.50. The minimum atomic E-state index is 0.264. The predicted molar refractivity (Wildman–Crippen MR) is 75.9 cm³/mol. The van der Waals surface area contributed by atoms with Gasteiger partial charge in [-0.1, -0.05) is 20.8 Å². The van der Waals surface area contributed by atoms with Crippen LogP contribution in [0, 0.1) is 0 Å². The first-order valence-corrected chi connectivity index (χ1v) is 7.60. The Labute approximate surface area is 109 Å². The summed E-state index contributed by atoms with van der Waals surface area (Å²) in [5.41, 5.74) is 6.09. The van der Waals surface area contributed by atoms with Crippen molar-refractivity contribution in [3.63, 3.8) is 0 Å². The maximum absolute atomic E-state index is 6.09. The number of hydrogen-bond acceptors (Lipinski definition) is 3. The van der Waals surface area contributed by atoms with Gasteiger partial charge in [-0.05, 0) is 34.5 Å². The van der Waals surface area contributed by atoms with Gasteiger partial charge < -0.3 is 5.73 Å². The number of thioether (sulfide) groups is 1. The quantitative estimate of drug-likeness (QED) is 0.912. The molecule has 86 valence electrons. The summed E-state index contributed by atoms with van der Waals surface area (Å²) in [6.45, 7) is 6.68. The van der Waals surface area contributed by atoms with E-state index in [1.54, 1.807) is 11.3 Å². The van der Waals surface area contributed by atoms with Crippen molar-refractivity contribution in [3.8, 4) is 0 Å². The van der Waals surface area contributed by atoms with E-state index in [1.807, 2.05) is 11.8 Å². The molecule has 4 heteroatoms. The van der Waals surface area contributed by atoms with E-state index in [4.69, 9.17) is 5.73 Å². The van der Waals surface area contributed by atoms with Crippen molar-refractivity contribution in [1.82, 2.24) is 0 Å². The van der Waals surface area contributed by atoms with Gasteiger partial charge in [0.2, 0.25) is 0 Å². The Morgan fingerprint density at radius 3 is 2.60 bits per heavy atom. The van der Waals surface area contributed by atoms with E-state index >= 15 is 0 Å². The highest BCUT2D eigenvalue weighted by Crippen LogP contribution is 2.26. The largest absolute Gasteiger partial charge is 0.327 e. The maximum atomic E-state index is 6.09. The van der Waals surface area contributed by atoms with Crippen molar-refractivity contribution in [2.75, 3.05) is 5.75 Å². The zero-order valence-corrected chi connectivity index (χ0v) is 12.6. The lowest BCUT2D eigenvalue weighted by atomic mass is 10.2. The number of halogens is 1. The Hall–Kier alpha value is 0.490. The van der Waals surface area contributed by atoms with Crippen LogP contribution in [0.5, 0.6) is 0 Å². The van der Waals surface area contributed by atoms with Crippen LogP contribution < -0.4 is 5.73 Å². The molecule has 0 saturated carbocycles. The van der Waals surface area contributed by atoms with Crippen LogP contribution in [0.15, 0.2) is 15.9 Å². The fourth-order valence-corrected chi connectivity index (χ4v) is 3.54. The van der Waals surface area contributed by atoms with Crippen LogP contribution in [0.4, 0.5) is 0 Å². The molecule has 15 heavy (non-hydrogen) atoms. The molecule has 1 aromatic heterocycles. The standard InChI is InChI=1S/C11H18BrNS2/c1-11(2,3)14-7-8(13)6-9-4-5-10(12)15-9/h4-5,8H,6-7,13H2,1-3H3. The fourth-order valence-electron chi connectivity index (χ4n) is 1.14. The van der Waals surface area contributed by atoms with Crippen molar-refractivity contribution >= 4 is 39.0 Å². The zero-order valence-electron chi connectivity index (χ0n) is 9.42. The summed E-state index contributed by atoms with van der Waals surface area (Å²) in [5, 5.41) is 0. The molecule has 0 spiro atoms. The van der Waals surface area contributed by atoms with Crippen LogP contribution >= 0.6 is 39.0 Å². The van der Waals surface area contributed by atoms with Gasteiger partial charge in [-0.3, -0.25) is 0 Å². The van der Waals surface area contributed by atoms with E-state index in [0.29, 0.717) is 4.75 Å². The van der Waals surface area contributed by atoms with Gasteiger partial charge >= 0.3 is 0 Å². The predicted octanol–water partition coefficient (Wildman–Crippen LogP) is 3.91. The smallest absolute Gasteiger partial charge is 0.0701 e. The van der Waals surface area contributed by atoms with Crippen LogP contribution in [-0.2, 0) is 6.42 Å². The third-order valence-electron chi connectivity index (χ3n) is 1.82. The summed E-state index contributed by atoms with van der Waals surface area (Å²) in [5.74, 6) is 1.03. The lowest BCUT2D eigenvalue weighted by Gasteiger charge is -2.20. The fraction of sp³-hybridized carbons (Fsp3) is 0.636. The minimum absolute atomic E-state index is 0.264. The molecule has 0 aliphatic carbocycles. The molecule has 1 unspecified atom stereocenters. The lowest BCUT2D eigenvalue weighted by molar-refractivity contribution is 0.740. The molecule has 1 nitrogen and oxygen atoms in total. The van der Waals surface area contributed by atoms with Gasteiger partial charge in [0, 0.05) is 21.4 Å². The number of rotatable bonds is 4. The molecule has 0 aliphatic rings. The first kappa shape index (κ1) is 13.6. The SMILES string of the molecule is CC(C)(C)SCC(N)Cc1ccc(Br)s1. The second-order valence-electron chi connectivity index (χ2n) is 4.59. The van der Waals surface area contributed by atoms with Crippen molar-refractivity contribution in [3.05, 3.63) is 20.8 Å². The van der Waals surface area contributed by atoms with E-state index in [1.165, 1.54) is 8.66 Å². The van der Waals surface area contributed by atoms with Crippen LogP contribution in [0.2, 0.25) is 0 Å². The number of nitrogens with two attached hydrogens (primary N) is 1. The normalized spacial score (nSPS) is 14.2. The molecule has 1 rings (SSSR count).